The minimum absolute atomic E-state index is 0.183. The predicted molar refractivity (Wildman–Crippen MR) is 82.1 cm³/mol. The van der Waals surface area contributed by atoms with E-state index in [1.165, 1.54) is 36.4 Å². The van der Waals surface area contributed by atoms with E-state index in [0.717, 1.165) is 18.4 Å². The van der Waals surface area contributed by atoms with Crippen molar-refractivity contribution in [1.29, 1.82) is 0 Å². The van der Waals surface area contributed by atoms with Crippen LogP contribution in [-0.4, -0.2) is 23.1 Å². The fourth-order valence-electron chi connectivity index (χ4n) is 1.69. The van der Waals surface area contributed by atoms with Crippen LogP contribution in [0, 0.1) is 5.82 Å². The molecule has 0 bridgehead atoms. The molecule has 0 saturated heterocycles. The Morgan fingerprint density at radius 3 is 1.82 bits per heavy atom. The Labute approximate surface area is 128 Å². The molecule has 118 valence electrons. The molecule has 0 aliphatic heterocycles. The Morgan fingerprint density at radius 1 is 0.818 bits per heavy atom. The van der Waals surface area contributed by atoms with Crippen molar-refractivity contribution in [2.24, 2.45) is 0 Å². The van der Waals surface area contributed by atoms with Gasteiger partial charge in [-0.1, -0.05) is 12.1 Å². The van der Waals surface area contributed by atoms with Crippen molar-refractivity contribution in [3.05, 3.63) is 54.3 Å². The third-order valence-electron chi connectivity index (χ3n) is 2.57. The molecule has 0 aliphatic rings. The van der Waals surface area contributed by atoms with Crippen molar-refractivity contribution < 1.29 is 21.2 Å². The number of halogens is 1. The van der Waals surface area contributed by atoms with Crippen LogP contribution in [0.5, 0.6) is 0 Å². The van der Waals surface area contributed by atoms with Gasteiger partial charge < -0.3 is 0 Å². The van der Waals surface area contributed by atoms with Crippen molar-refractivity contribution in [1.82, 2.24) is 0 Å². The number of hydrogen-bond donors (Lipinski definition) is 2. The Kier molecular flexibility index (Phi) is 4.38. The van der Waals surface area contributed by atoms with Gasteiger partial charge in [-0.3, -0.25) is 9.44 Å². The number of hydrogen-bond acceptors (Lipinski definition) is 4. The molecule has 0 aliphatic carbocycles. The molecule has 0 radical (unpaired) electrons. The van der Waals surface area contributed by atoms with Crippen LogP contribution in [0.4, 0.5) is 15.8 Å². The molecule has 0 amide bonds. The number of sulfonamides is 2. The van der Waals surface area contributed by atoms with Gasteiger partial charge in [0.25, 0.3) is 10.0 Å². The van der Waals surface area contributed by atoms with Gasteiger partial charge >= 0.3 is 0 Å². The Bertz CT molecular complexity index is 879. The van der Waals surface area contributed by atoms with E-state index in [4.69, 9.17) is 0 Å². The summed E-state index contributed by atoms with van der Waals surface area (Å²) >= 11 is 0. The molecular weight excluding hydrogens is 331 g/mol. The predicted octanol–water partition coefficient (Wildman–Crippen LogP) is 2.00. The van der Waals surface area contributed by atoms with Crippen LogP contribution >= 0.6 is 0 Å². The van der Waals surface area contributed by atoms with Crippen LogP contribution in [0.25, 0.3) is 0 Å². The molecule has 0 unspecified atom stereocenters. The second kappa shape index (κ2) is 5.93. The molecular formula is C13H13FN2O4S2. The van der Waals surface area contributed by atoms with Crippen LogP contribution in [0.2, 0.25) is 0 Å². The van der Waals surface area contributed by atoms with Gasteiger partial charge in [0.2, 0.25) is 10.0 Å². The lowest BCUT2D eigenvalue weighted by Crippen LogP contribution is -2.14. The van der Waals surface area contributed by atoms with Crippen LogP contribution in [-0.2, 0) is 20.0 Å². The molecule has 0 fully saturated rings. The first-order chi connectivity index (χ1) is 10.2. The monoisotopic (exact) mass is 344 g/mol. The van der Waals surface area contributed by atoms with Crippen molar-refractivity contribution >= 4 is 31.4 Å². The zero-order chi connectivity index (χ0) is 16.4. The highest BCUT2D eigenvalue weighted by molar-refractivity contribution is 7.92. The molecule has 2 rings (SSSR count). The summed E-state index contributed by atoms with van der Waals surface area (Å²) in [5.41, 5.74) is 0.471. The van der Waals surface area contributed by atoms with Crippen LogP contribution in [0.1, 0.15) is 0 Å². The third kappa shape index (κ3) is 4.18. The zero-order valence-corrected chi connectivity index (χ0v) is 13.1. The summed E-state index contributed by atoms with van der Waals surface area (Å²) in [5.74, 6) is -0.856. The van der Waals surface area contributed by atoms with Gasteiger partial charge in [-0.05, 0) is 36.4 Å². The van der Waals surface area contributed by atoms with Gasteiger partial charge in [0, 0.05) is 11.4 Å². The van der Waals surface area contributed by atoms with E-state index in [2.05, 4.69) is 9.44 Å². The quantitative estimate of drug-likeness (QED) is 0.868. The van der Waals surface area contributed by atoms with Gasteiger partial charge in [-0.25, -0.2) is 21.2 Å². The maximum Gasteiger partial charge on any atom is 0.264 e. The highest BCUT2D eigenvalue weighted by Gasteiger charge is 2.18. The maximum absolute atomic E-state index is 13.5. The van der Waals surface area contributed by atoms with E-state index < -0.39 is 30.8 Å². The Morgan fingerprint density at radius 2 is 1.32 bits per heavy atom. The average Bonchev–Trinajstić information content (AvgIpc) is 2.39. The molecule has 2 aromatic carbocycles. The minimum atomic E-state index is -4.06. The molecule has 2 aromatic rings. The first-order valence-electron chi connectivity index (χ1n) is 6.02. The molecule has 9 heteroatoms. The lowest BCUT2D eigenvalue weighted by molar-refractivity contribution is 0.570. The van der Waals surface area contributed by atoms with Crippen LogP contribution in [0.3, 0.4) is 0 Å². The molecule has 2 N–H and O–H groups in total. The second-order valence-electron chi connectivity index (χ2n) is 4.49. The summed E-state index contributed by atoms with van der Waals surface area (Å²) in [5, 5.41) is 0. The lowest BCUT2D eigenvalue weighted by atomic mass is 10.3. The standard InChI is InChI=1S/C13H13FN2O4S2/c1-21(17,18)15-10-6-8-11(9-7-10)16-22(19,20)13-5-3-2-4-12(13)14/h2-9,15-16H,1H3. The van der Waals surface area contributed by atoms with Crippen molar-refractivity contribution in [3.8, 4) is 0 Å². The highest BCUT2D eigenvalue weighted by atomic mass is 32.2. The molecule has 6 nitrogen and oxygen atoms in total. The summed E-state index contributed by atoms with van der Waals surface area (Å²) in [6.45, 7) is 0. The molecule has 0 spiro atoms. The highest BCUT2D eigenvalue weighted by Crippen LogP contribution is 2.20. The van der Waals surface area contributed by atoms with E-state index >= 15 is 0 Å². The minimum Gasteiger partial charge on any atom is -0.284 e. The topological polar surface area (TPSA) is 92.3 Å². The smallest absolute Gasteiger partial charge is 0.264 e. The zero-order valence-electron chi connectivity index (χ0n) is 11.4. The molecule has 0 heterocycles. The second-order valence-corrected chi connectivity index (χ2v) is 7.89. The lowest BCUT2D eigenvalue weighted by Gasteiger charge is -2.10. The van der Waals surface area contributed by atoms with Gasteiger partial charge in [0.05, 0.1) is 6.26 Å². The molecule has 22 heavy (non-hydrogen) atoms. The van der Waals surface area contributed by atoms with E-state index in [1.54, 1.807) is 0 Å². The maximum atomic E-state index is 13.5. The van der Waals surface area contributed by atoms with Crippen LogP contribution in [0.15, 0.2) is 53.4 Å². The number of benzene rings is 2. The first kappa shape index (κ1) is 16.2. The van der Waals surface area contributed by atoms with Crippen molar-refractivity contribution in [3.63, 3.8) is 0 Å². The molecule has 0 aromatic heterocycles. The normalized spacial score (nSPS) is 11.9. The van der Waals surface area contributed by atoms with Crippen molar-refractivity contribution in [2.45, 2.75) is 4.90 Å². The summed E-state index contributed by atoms with van der Waals surface area (Å²) < 4.78 is 64.3. The van der Waals surface area contributed by atoms with Gasteiger partial charge in [0.1, 0.15) is 10.7 Å². The Hall–Kier alpha value is -2.13. The number of nitrogens with one attached hydrogen (secondary N) is 2. The summed E-state index contributed by atoms with van der Waals surface area (Å²) in [6, 6.07) is 10.5. The first-order valence-corrected chi connectivity index (χ1v) is 9.40. The molecule has 0 saturated carbocycles. The van der Waals surface area contributed by atoms with Crippen molar-refractivity contribution in [2.75, 3.05) is 15.7 Å². The van der Waals surface area contributed by atoms with Crippen LogP contribution < -0.4 is 9.44 Å². The van der Waals surface area contributed by atoms with Gasteiger partial charge in [0.15, 0.2) is 0 Å². The summed E-state index contributed by atoms with van der Waals surface area (Å²) in [6.07, 6.45) is 1.00. The Balaban J connectivity index is 2.22. The average molecular weight is 344 g/mol. The third-order valence-corrected chi connectivity index (χ3v) is 4.59. The number of anilines is 2. The fourth-order valence-corrected chi connectivity index (χ4v) is 3.40. The number of rotatable bonds is 5. The fraction of sp³-hybridized carbons (Fsp3) is 0.0769. The van der Waals surface area contributed by atoms with Gasteiger partial charge in [-0.15, -0.1) is 0 Å². The SMILES string of the molecule is CS(=O)(=O)Nc1ccc(NS(=O)(=O)c2ccccc2F)cc1. The van der Waals surface area contributed by atoms with E-state index in [-0.39, 0.29) is 11.4 Å². The summed E-state index contributed by atoms with van der Waals surface area (Å²) in [4.78, 5) is -0.465. The van der Waals surface area contributed by atoms with E-state index in [1.807, 2.05) is 0 Å². The largest absolute Gasteiger partial charge is 0.284 e. The van der Waals surface area contributed by atoms with E-state index in [0.29, 0.717) is 0 Å². The molecule has 0 atom stereocenters. The van der Waals surface area contributed by atoms with E-state index in [9.17, 15) is 21.2 Å². The summed E-state index contributed by atoms with van der Waals surface area (Å²) in [7, 11) is -7.47. The van der Waals surface area contributed by atoms with Gasteiger partial charge in [-0.2, -0.15) is 0 Å².